The third kappa shape index (κ3) is 9.65. The van der Waals surface area contributed by atoms with Crippen LogP contribution in [0.1, 0.15) is 86.5 Å². The SMILES string of the molecule is CC(C)(C)OC(=O)N(CCCC[C@H](C=O)[C@@H]1CCCC[C@@H]1[N+](=O)[O-])C(=O)OC(C)(C)C. The smallest absolute Gasteiger partial charge is 0.419 e. The lowest BCUT2D eigenvalue weighted by molar-refractivity contribution is -0.537. The number of rotatable bonds is 8. The van der Waals surface area contributed by atoms with Crippen molar-refractivity contribution in [2.45, 2.75) is 104 Å². The number of ether oxygens (including phenoxy) is 2. The molecule has 1 fully saturated rings. The van der Waals surface area contributed by atoms with Crippen molar-refractivity contribution < 1.29 is 28.8 Å². The number of aldehydes is 1. The molecule has 0 heterocycles. The van der Waals surface area contributed by atoms with Crippen molar-refractivity contribution >= 4 is 18.5 Å². The summed E-state index contributed by atoms with van der Waals surface area (Å²) in [5.41, 5.74) is -1.53. The van der Waals surface area contributed by atoms with Gasteiger partial charge in [-0.1, -0.05) is 12.8 Å². The molecule has 178 valence electrons. The van der Waals surface area contributed by atoms with E-state index >= 15 is 0 Å². The van der Waals surface area contributed by atoms with Crippen molar-refractivity contribution in [3.05, 3.63) is 10.1 Å². The predicted octanol–water partition coefficient (Wildman–Crippen LogP) is 4.98. The predicted molar refractivity (Wildman–Crippen MR) is 115 cm³/mol. The monoisotopic (exact) mass is 442 g/mol. The van der Waals surface area contributed by atoms with Gasteiger partial charge < -0.3 is 14.3 Å². The summed E-state index contributed by atoms with van der Waals surface area (Å²) in [6, 6.07) is -0.677. The van der Waals surface area contributed by atoms with E-state index in [1.54, 1.807) is 41.5 Å². The number of nitrogens with zero attached hydrogens (tertiary/aromatic N) is 2. The molecule has 9 nitrogen and oxygen atoms in total. The zero-order chi connectivity index (χ0) is 23.8. The van der Waals surface area contributed by atoms with E-state index in [1.807, 2.05) is 0 Å². The summed E-state index contributed by atoms with van der Waals surface area (Å²) in [5.74, 6) is -0.652. The lowest BCUT2D eigenvalue weighted by Gasteiger charge is -2.30. The molecule has 0 bridgehead atoms. The van der Waals surface area contributed by atoms with Gasteiger partial charge in [-0.15, -0.1) is 0 Å². The molecular weight excluding hydrogens is 404 g/mol. The van der Waals surface area contributed by atoms with E-state index < -0.39 is 35.3 Å². The van der Waals surface area contributed by atoms with Crippen LogP contribution in [0.25, 0.3) is 0 Å². The van der Waals surface area contributed by atoms with Gasteiger partial charge in [0, 0.05) is 29.7 Å². The number of imide groups is 1. The lowest BCUT2D eigenvalue weighted by atomic mass is 9.75. The zero-order valence-corrected chi connectivity index (χ0v) is 19.7. The molecule has 1 rings (SSSR count). The van der Waals surface area contributed by atoms with Gasteiger partial charge in [-0.3, -0.25) is 10.1 Å². The second kappa shape index (κ2) is 11.4. The Morgan fingerprint density at radius 2 is 1.55 bits per heavy atom. The fourth-order valence-electron chi connectivity index (χ4n) is 3.83. The highest BCUT2D eigenvalue weighted by molar-refractivity contribution is 5.88. The summed E-state index contributed by atoms with van der Waals surface area (Å²) < 4.78 is 10.7. The molecule has 9 heteroatoms. The van der Waals surface area contributed by atoms with Crippen molar-refractivity contribution in [3.8, 4) is 0 Å². The third-order valence-electron chi connectivity index (χ3n) is 5.17. The van der Waals surface area contributed by atoms with E-state index in [0.29, 0.717) is 32.1 Å². The first-order chi connectivity index (χ1) is 14.2. The van der Waals surface area contributed by atoms with Gasteiger partial charge in [0.05, 0.1) is 0 Å². The molecular formula is C22H38N2O7. The van der Waals surface area contributed by atoms with Crippen LogP contribution in [-0.4, -0.2) is 52.1 Å². The van der Waals surface area contributed by atoms with Gasteiger partial charge in [0.25, 0.3) is 0 Å². The zero-order valence-electron chi connectivity index (χ0n) is 19.7. The van der Waals surface area contributed by atoms with Crippen LogP contribution < -0.4 is 0 Å². The number of amides is 2. The average molecular weight is 443 g/mol. The summed E-state index contributed by atoms with van der Waals surface area (Å²) in [6.07, 6.45) is 3.62. The Balaban J connectivity index is 2.72. The maximum absolute atomic E-state index is 12.5. The lowest BCUT2D eigenvalue weighted by Crippen LogP contribution is -2.44. The Morgan fingerprint density at radius 3 is 2.00 bits per heavy atom. The van der Waals surface area contributed by atoms with Crippen LogP contribution in [0.4, 0.5) is 9.59 Å². The first-order valence-corrected chi connectivity index (χ1v) is 11.1. The highest BCUT2D eigenvalue weighted by Crippen LogP contribution is 2.33. The molecule has 0 N–H and O–H groups in total. The summed E-state index contributed by atoms with van der Waals surface area (Å²) in [6.45, 7) is 10.3. The van der Waals surface area contributed by atoms with E-state index in [0.717, 1.165) is 24.0 Å². The minimum absolute atomic E-state index is 0.0821. The molecule has 0 spiro atoms. The van der Waals surface area contributed by atoms with Crippen LogP contribution in [0.5, 0.6) is 0 Å². The molecule has 2 amide bonds. The molecule has 3 atom stereocenters. The summed E-state index contributed by atoms with van der Waals surface area (Å²) in [7, 11) is 0. The van der Waals surface area contributed by atoms with Crippen LogP contribution >= 0.6 is 0 Å². The fraction of sp³-hybridized carbons (Fsp3) is 0.864. The fourth-order valence-corrected chi connectivity index (χ4v) is 3.83. The standard InChI is InChI=1S/C22H38N2O7/c1-21(2,3)30-19(26)23(20(27)31-22(4,5)6)14-10-9-11-16(15-25)17-12-7-8-13-18(17)24(28)29/h15-18H,7-14H2,1-6H3/t16-,17+,18+/m1/s1. The van der Waals surface area contributed by atoms with Gasteiger partial charge in [0.1, 0.15) is 17.5 Å². The Hall–Kier alpha value is -2.19. The van der Waals surface area contributed by atoms with Crippen LogP contribution in [0.15, 0.2) is 0 Å². The van der Waals surface area contributed by atoms with Gasteiger partial charge in [-0.25, -0.2) is 14.5 Å². The molecule has 31 heavy (non-hydrogen) atoms. The normalized spacial score (nSPS) is 20.5. The number of carbonyl (C=O) groups excluding carboxylic acids is 3. The van der Waals surface area contributed by atoms with Gasteiger partial charge in [-0.2, -0.15) is 0 Å². The van der Waals surface area contributed by atoms with Crippen LogP contribution in [-0.2, 0) is 14.3 Å². The highest BCUT2D eigenvalue weighted by Gasteiger charge is 2.39. The summed E-state index contributed by atoms with van der Waals surface area (Å²) in [4.78, 5) is 48.7. The van der Waals surface area contributed by atoms with Crippen LogP contribution in [0.2, 0.25) is 0 Å². The maximum Gasteiger partial charge on any atom is 0.419 e. The van der Waals surface area contributed by atoms with Crippen molar-refractivity contribution in [1.82, 2.24) is 4.90 Å². The minimum atomic E-state index is -0.783. The van der Waals surface area contributed by atoms with Gasteiger partial charge in [-0.05, 0) is 67.2 Å². The Labute approximate surface area is 185 Å². The second-order valence-electron chi connectivity index (χ2n) is 10.2. The van der Waals surface area contributed by atoms with E-state index in [9.17, 15) is 24.5 Å². The number of hydrogen-bond donors (Lipinski definition) is 0. The number of nitro groups is 1. The number of unbranched alkanes of at least 4 members (excludes halogenated alkanes) is 1. The minimum Gasteiger partial charge on any atom is -0.443 e. The molecule has 0 radical (unpaired) electrons. The van der Waals surface area contributed by atoms with Crippen molar-refractivity contribution in [2.75, 3.05) is 6.54 Å². The Morgan fingerprint density at radius 1 is 1.03 bits per heavy atom. The molecule has 1 aliphatic rings. The van der Waals surface area contributed by atoms with Crippen molar-refractivity contribution in [1.29, 1.82) is 0 Å². The van der Waals surface area contributed by atoms with Crippen molar-refractivity contribution in [2.24, 2.45) is 11.8 Å². The van der Waals surface area contributed by atoms with Gasteiger partial charge >= 0.3 is 12.2 Å². The first kappa shape index (κ1) is 26.8. The molecule has 0 unspecified atom stereocenters. The van der Waals surface area contributed by atoms with E-state index in [2.05, 4.69) is 0 Å². The largest absolute Gasteiger partial charge is 0.443 e. The molecule has 0 aromatic carbocycles. The van der Waals surface area contributed by atoms with Crippen LogP contribution in [0, 0.1) is 22.0 Å². The molecule has 0 aromatic rings. The Kier molecular flexibility index (Phi) is 9.90. The summed E-state index contributed by atoms with van der Waals surface area (Å²) in [5, 5.41) is 11.4. The number of hydrogen-bond acceptors (Lipinski definition) is 7. The highest BCUT2D eigenvalue weighted by atomic mass is 16.6. The molecule has 0 aromatic heterocycles. The van der Waals surface area contributed by atoms with E-state index in [1.165, 1.54) is 0 Å². The quantitative estimate of drug-likeness (QED) is 0.225. The molecule has 0 aliphatic heterocycles. The maximum atomic E-state index is 12.5. The molecule has 0 saturated heterocycles. The topological polar surface area (TPSA) is 116 Å². The Bertz CT molecular complexity index is 609. The third-order valence-corrected chi connectivity index (χ3v) is 5.17. The number of carbonyl (C=O) groups is 3. The average Bonchev–Trinajstić information content (AvgIpc) is 2.61. The van der Waals surface area contributed by atoms with E-state index in [4.69, 9.17) is 9.47 Å². The van der Waals surface area contributed by atoms with Crippen LogP contribution in [0.3, 0.4) is 0 Å². The first-order valence-electron chi connectivity index (χ1n) is 11.1. The van der Waals surface area contributed by atoms with Gasteiger partial charge in [0.2, 0.25) is 6.04 Å². The van der Waals surface area contributed by atoms with Gasteiger partial charge in [0.15, 0.2) is 0 Å². The second-order valence-corrected chi connectivity index (χ2v) is 10.2. The van der Waals surface area contributed by atoms with Crippen molar-refractivity contribution in [3.63, 3.8) is 0 Å². The summed E-state index contributed by atoms with van der Waals surface area (Å²) >= 11 is 0. The van der Waals surface area contributed by atoms with E-state index in [-0.39, 0.29) is 17.4 Å². The molecule has 1 aliphatic carbocycles. The molecule has 1 saturated carbocycles.